The number of para-hydroxylation sites is 2. The fourth-order valence-corrected chi connectivity index (χ4v) is 9.12. The number of rotatable bonds is 8. The minimum Gasteiger partial charge on any atom is -0.495 e. The second-order valence-electron chi connectivity index (χ2n) is 11.4. The third-order valence-electron chi connectivity index (χ3n) is 9.39. The third kappa shape index (κ3) is 7.00. The normalized spacial score (nSPS) is 20.7. The minimum atomic E-state index is -3.95. The molecule has 3 heterocycles. The summed E-state index contributed by atoms with van der Waals surface area (Å²) in [4.78, 5) is 17.5. The molecular formula is C30H44Cl2N4O5S. The van der Waals surface area contributed by atoms with Crippen LogP contribution in [0.1, 0.15) is 44.1 Å². The Morgan fingerprint density at radius 1 is 0.881 bits per heavy atom. The Hall–Kier alpha value is -2.08. The molecule has 3 aliphatic rings. The number of benzene rings is 2. The average Bonchev–Trinajstić information content (AvgIpc) is 3.01. The third-order valence-corrected chi connectivity index (χ3v) is 12.0. The maximum Gasteiger partial charge on any atom is 0.266 e. The molecule has 3 aliphatic heterocycles. The Morgan fingerprint density at radius 2 is 1.43 bits per heavy atom. The van der Waals surface area contributed by atoms with Crippen LogP contribution in [0.5, 0.6) is 5.75 Å². The van der Waals surface area contributed by atoms with Gasteiger partial charge in [-0.2, -0.15) is 0 Å². The smallest absolute Gasteiger partial charge is 0.266 e. The highest BCUT2D eigenvalue weighted by molar-refractivity contribution is 7.91. The first-order valence-corrected chi connectivity index (χ1v) is 15.9. The van der Waals surface area contributed by atoms with Gasteiger partial charge in [0.2, 0.25) is 10.0 Å². The Labute approximate surface area is 262 Å². The van der Waals surface area contributed by atoms with Gasteiger partial charge in [0.05, 0.1) is 12.8 Å². The highest BCUT2D eigenvalue weighted by Crippen LogP contribution is 2.40. The number of halogens is 2. The van der Waals surface area contributed by atoms with Crippen LogP contribution in [-0.2, 0) is 21.4 Å². The summed E-state index contributed by atoms with van der Waals surface area (Å²) in [6, 6.07) is 18.2. The van der Waals surface area contributed by atoms with Gasteiger partial charge in [-0.15, -0.1) is 24.8 Å². The van der Waals surface area contributed by atoms with Crippen LogP contribution in [0.2, 0.25) is 0 Å². The van der Waals surface area contributed by atoms with Crippen molar-refractivity contribution in [2.45, 2.75) is 49.8 Å². The van der Waals surface area contributed by atoms with Crippen LogP contribution in [0.3, 0.4) is 0 Å². The number of anilines is 1. The lowest BCUT2D eigenvalue weighted by Gasteiger charge is -2.45. The molecule has 0 atom stereocenters. The summed E-state index contributed by atoms with van der Waals surface area (Å²) in [7, 11) is -2.24. The topological polar surface area (TPSA) is 102 Å². The maximum absolute atomic E-state index is 14.0. The summed E-state index contributed by atoms with van der Waals surface area (Å²) in [6.07, 6.45) is 4.07. The number of nitrogens with zero attached hydrogens (tertiary/aromatic N) is 3. The van der Waals surface area contributed by atoms with Crippen LogP contribution < -0.4 is 15.1 Å². The number of methoxy groups -OCH3 is 1. The minimum absolute atomic E-state index is 0. The van der Waals surface area contributed by atoms with Crippen molar-refractivity contribution < 1.29 is 23.2 Å². The van der Waals surface area contributed by atoms with Crippen molar-refractivity contribution in [3.8, 4) is 5.75 Å². The molecule has 2 N–H and O–H groups in total. The van der Waals surface area contributed by atoms with Gasteiger partial charge >= 0.3 is 0 Å². The molecule has 0 aliphatic carbocycles. The molecule has 3 saturated heterocycles. The molecule has 5 rings (SSSR count). The van der Waals surface area contributed by atoms with E-state index in [1.54, 1.807) is 12.6 Å². The lowest BCUT2D eigenvalue weighted by molar-refractivity contribution is -0.133. The van der Waals surface area contributed by atoms with Crippen LogP contribution >= 0.6 is 24.8 Å². The number of amides is 1. The second-order valence-corrected chi connectivity index (χ2v) is 13.7. The molecule has 3 fully saturated rings. The number of carbonyl (C=O) groups is 1. The number of likely N-dealkylation sites (tertiary alicyclic amines) is 1. The van der Waals surface area contributed by atoms with Crippen LogP contribution in [-0.4, -0.2) is 79.9 Å². The molecule has 42 heavy (non-hydrogen) atoms. The zero-order valence-electron chi connectivity index (χ0n) is 24.2. The summed E-state index contributed by atoms with van der Waals surface area (Å²) in [5, 5.41) is 9.56. The van der Waals surface area contributed by atoms with Crippen LogP contribution in [0.25, 0.3) is 0 Å². The van der Waals surface area contributed by atoms with E-state index < -0.39 is 20.7 Å². The molecule has 0 saturated carbocycles. The number of hydroxylamine groups is 1. The first-order valence-electron chi connectivity index (χ1n) is 14.5. The first-order chi connectivity index (χ1) is 19.4. The fraction of sp³-hybridized carbons (Fsp3) is 0.567. The molecular weight excluding hydrogens is 599 g/mol. The molecule has 2 aromatic rings. The predicted octanol–water partition coefficient (Wildman–Crippen LogP) is 4.34. The largest absolute Gasteiger partial charge is 0.495 e. The summed E-state index contributed by atoms with van der Waals surface area (Å²) in [6.45, 7) is 4.43. The lowest BCUT2D eigenvalue weighted by atomic mass is 9.79. The van der Waals surface area contributed by atoms with Gasteiger partial charge in [0, 0.05) is 45.8 Å². The molecule has 0 spiro atoms. The summed E-state index contributed by atoms with van der Waals surface area (Å²) < 4.78 is 33.4. The molecule has 0 unspecified atom stereocenters. The molecule has 0 bridgehead atoms. The number of carbonyl (C=O) groups excluding carboxylic acids is 1. The van der Waals surface area contributed by atoms with Crippen LogP contribution in [0.4, 0.5) is 5.69 Å². The molecule has 9 nitrogen and oxygen atoms in total. The van der Waals surface area contributed by atoms with Gasteiger partial charge in [0.15, 0.2) is 4.75 Å². The van der Waals surface area contributed by atoms with Gasteiger partial charge < -0.3 is 9.64 Å². The molecule has 0 radical (unpaired) electrons. The van der Waals surface area contributed by atoms with Crippen molar-refractivity contribution in [2.75, 3.05) is 51.3 Å². The van der Waals surface area contributed by atoms with Crippen molar-refractivity contribution in [3.63, 3.8) is 0 Å². The average molecular weight is 644 g/mol. The van der Waals surface area contributed by atoms with Crippen LogP contribution in [0.15, 0.2) is 54.6 Å². The van der Waals surface area contributed by atoms with Crippen molar-refractivity contribution in [1.29, 1.82) is 0 Å². The van der Waals surface area contributed by atoms with Gasteiger partial charge in [-0.25, -0.2) is 18.2 Å². The number of nitrogens with one attached hydrogen (secondary N) is 1. The van der Waals surface area contributed by atoms with Gasteiger partial charge in [-0.1, -0.05) is 42.5 Å². The molecule has 0 aromatic heterocycles. The Bertz CT molecular complexity index is 1250. The number of hydrogen-bond acceptors (Lipinski definition) is 7. The number of piperidine rings is 3. The monoisotopic (exact) mass is 642 g/mol. The standard InChI is InChI=1S/C30H42N4O5S.2ClH/c1-39-28-10-6-5-9-27(28)33-17-11-25(12-18-33)26-13-19-34(20-14-26)40(37,38)30(29(35)31-36)15-21-32(22-16-30)23-24-7-3-2-4-8-24;;/h2-10,25-26,36H,11-23H2,1H3,(H,31,35);2*1H. The highest BCUT2D eigenvalue weighted by Gasteiger charge is 2.55. The number of ether oxygens (including phenoxy) is 1. The fourth-order valence-electron chi connectivity index (χ4n) is 6.96. The van der Waals surface area contributed by atoms with Crippen LogP contribution in [0, 0.1) is 11.8 Å². The molecule has 234 valence electrons. The predicted molar refractivity (Wildman–Crippen MR) is 169 cm³/mol. The number of sulfonamides is 1. The van der Waals surface area contributed by atoms with E-state index in [2.05, 4.69) is 15.9 Å². The summed E-state index contributed by atoms with van der Waals surface area (Å²) in [5.74, 6) is 1.12. The first kappa shape index (κ1) is 34.4. The highest BCUT2D eigenvalue weighted by atomic mass is 35.5. The maximum atomic E-state index is 14.0. The molecule has 12 heteroatoms. The lowest BCUT2D eigenvalue weighted by Crippen LogP contribution is -2.62. The van der Waals surface area contributed by atoms with Gasteiger partial charge in [0.1, 0.15) is 5.75 Å². The van der Waals surface area contributed by atoms with E-state index in [0.29, 0.717) is 44.6 Å². The Balaban J connectivity index is 0.00000242. The van der Waals surface area contributed by atoms with Crippen molar-refractivity contribution in [2.24, 2.45) is 11.8 Å². The van der Waals surface area contributed by atoms with Gasteiger partial charge in [0.25, 0.3) is 5.91 Å². The Morgan fingerprint density at radius 3 is 2.00 bits per heavy atom. The van der Waals surface area contributed by atoms with E-state index in [9.17, 15) is 18.4 Å². The van der Waals surface area contributed by atoms with Crippen molar-refractivity contribution in [3.05, 3.63) is 60.2 Å². The molecule has 1 amide bonds. The molecule has 2 aromatic carbocycles. The zero-order chi connectivity index (χ0) is 28.2. The van der Waals surface area contributed by atoms with E-state index in [1.807, 2.05) is 48.5 Å². The van der Waals surface area contributed by atoms with E-state index in [0.717, 1.165) is 55.8 Å². The van der Waals surface area contributed by atoms with E-state index in [-0.39, 0.29) is 37.7 Å². The van der Waals surface area contributed by atoms with E-state index >= 15 is 0 Å². The van der Waals surface area contributed by atoms with Gasteiger partial charge in [-0.3, -0.25) is 14.9 Å². The zero-order valence-corrected chi connectivity index (χ0v) is 26.6. The SMILES string of the molecule is COc1ccccc1N1CCC(C2CCN(S(=O)(=O)C3(C(=O)NO)CCN(Cc4ccccc4)CC3)CC2)CC1.Cl.Cl. The summed E-state index contributed by atoms with van der Waals surface area (Å²) in [5.41, 5.74) is 3.98. The van der Waals surface area contributed by atoms with Crippen molar-refractivity contribution in [1.82, 2.24) is 14.7 Å². The van der Waals surface area contributed by atoms with E-state index in [4.69, 9.17) is 4.74 Å². The van der Waals surface area contributed by atoms with Crippen molar-refractivity contribution >= 4 is 46.4 Å². The quantitative estimate of drug-likeness (QED) is 0.326. The summed E-state index contributed by atoms with van der Waals surface area (Å²) >= 11 is 0. The van der Waals surface area contributed by atoms with E-state index in [1.165, 1.54) is 4.31 Å². The number of hydrogen-bond donors (Lipinski definition) is 2. The van der Waals surface area contributed by atoms with Gasteiger partial charge in [-0.05, 0) is 68.1 Å². The Kier molecular flexibility index (Phi) is 12.4. The second kappa shape index (κ2) is 15.1.